The summed E-state index contributed by atoms with van der Waals surface area (Å²) in [6.07, 6.45) is 1.55. The molecule has 0 aromatic carbocycles. The van der Waals surface area contributed by atoms with Gasteiger partial charge in [-0.3, -0.25) is 4.79 Å². The number of methoxy groups -OCH3 is 1. The zero-order valence-electron chi connectivity index (χ0n) is 9.68. The number of ether oxygens (including phenoxy) is 1. The summed E-state index contributed by atoms with van der Waals surface area (Å²) < 4.78 is 28.7. The van der Waals surface area contributed by atoms with Crippen molar-refractivity contribution in [1.82, 2.24) is 9.21 Å². The average molecular weight is 250 g/mol. The van der Waals surface area contributed by atoms with Crippen molar-refractivity contribution in [3.8, 4) is 0 Å². The van der Waals surface area contributed by atoms with Gasteiger partial charge in [-0.15, -0.1) is 0 Å². The molecule has 0 spiro atoms. The summed E-state index contributed by atoms with van der Waals surface area (Å²) in [5.41, 5.74) is 0. The number of carbonyl (C=O) groups excluding carboxylic acids is 1. The number of sulfonamides is 1. The van der Waals surface area contributed by atoms with Crippen LogP contribution >= 0.6 is 0 Å². The minimum absolute atomic E-state index is 0.0231. The lowest BCUT2D eigenvalue weighted by molar-refractivity contribution is -0.133. The molecule has 0 unspecified atom stereocenters. The van der Waals surface area contributed by atoms with Gasteiger partial charge < -0.3 is 9.64 Å². The van der Waals surface area contributed by atoms with Gasteiger partial charge in [-0.05, 0) is 0 Å². The van der Waals surface area contributed by atoms with E-state index in [1.54, 1.807) is 12.0 Å². The quantitative estimate of drug-likeness (QED) is 0.650. The van der Waals surface area contributed by atoms with Crippen molar-refractivity contribution in [3.63, 3.8) is 0 Å². The monoisotopic (exact) mass is 250 g/mol. The molecule has 0 bridgehead atoms. The molecule has 0 aliphatic carbocycles. The van der Waals surface area contributed by atoms with E-state index in [2.05, 4.69) is 0 Å². The third-order valence-corrected chi connectivity index (χ3v) is 3.88. The van der Waals surface area contributed by atoms with Gasteiger partial charge in [0.2, 0.25) is 15.9 Å². The number of hydrogen-bond donors (Lipinski definition) is 0. The van der Waals surface area contributed by atoms with E-state index in [0.29, 0.717) is 39.2 Å². The molecule has 16 heavy (non-hydrogen) atoms. The maximum absolute atomic E-state index is 11.6. The molecular weight excluding hydrogens is 232 g/mol. The first-order valence-corrected chi connectivity index (χ1v) is 7.02. The lowest BCUT2D eigenvalue weighted by Gasteiger charge is -2.33. The standard InChI is InChI=1S/C9H18N2O4S/c1-15-8-3-9(12)10-4-6-11(7-5-10)16(2,13)14/h3-8H2,1-2H3. The summed E-state index contributed by atoms with van der Waals surface area (Å²) in [5, 5.41) is 0. The summed E-state index contributed by atoms with van der Waals surface area (Å²) >= 11 is 0. The first kappa shape index (κ1) is 13.4. The van der Waals surface area contributed by atoms with Crippen LogP contribution in [0.5, 0.6) is 0 Å². The maximum Gasteiger partial charge on any atom is 0.224 e. The van der Waals surface area contributed by atoms with E-state index in [0.717, 1.165) is 0 Å². The van der Waals surface area contributed by atoms with E-state index in [1.807, 2.05) is 0 Å². The molecular formula is C9H18N2O4S. The Kier molecular flexibility index (Phi) is 4.69. The van der Waals surface area contributed by atoms with Crippen LogP contribution in [0.1, 0.15) is 6.42 Å². The van der Waals surface area contributed by atoms with Crippen molar-refractivity contribution in [2.24, 2.45) is 0 Å². The molecule has 94 valence electrons. The van der Waals surface area contributed by atoms with Gasteiger partial charge in [-0.2, -0.15) is 4.31 Å². The molecule has 6 nitrogen and oxygen atoms in total. The van der Waals surface area contributed by atoms with Crippen LogP contribution in [0.3, 0.4) is 0 Å². The van der Waals surface area contributed by atoms with Gasteiger partial charge in [0, 0.05) is 33.3 Å². The molecule has 1 saturated heterocycles. The second kappa shape index (κ2) is 5.60. The number of amides is 1. The van der Waals surface area contributed by atoms with Crippen LogP contribution in [0.25, 0.3) is 0 Å². The number of hydrogen-bond acceptors (Lipinski definition) is 4. The van der Waals surface area contributed by atoms with Crippen LogP contribution in [0.4, 0.5) is 0 Å². The van der Waals surface area contributed by atoms with Gasteiger partial charge >= 0.3 is 0 Å². The Bertz CT molecular complexity index is 333. The van der Waals surface area contributed by atoms with Crippen molar-refractivity contribution in [2.75, 3.05) is 46.2 Å². The number of carbonyl (C=O) groups is 1. The second-order valence-electron chi connectivity index (χ2n) is 3.79. The van der Waals surface area contributed by atoms with Crippen molar-refractivity contribution in [3.05, 3.63) is 0 Å². The smallest absolute Gasteiger partial charge is 0.224 e. The predicted octanol–water partition coefficient (Wildman–Crippen LogP) is -0.873. The molecule has 0 radical (unpaired) electrons. The minimum Gasteiger partial charge on any atom is -0.384 e. The molecule has 0 N–H and O–H groups in total. The predicted molar refractivity (Wildman–Crippen MR) is 59.5 cm³/mol. The number of piperazine rings is 1. The third-order valence-electron chi connectivity index (χ3n) is 2.58. The van der Waals surface area contributed by atoms with Crippen LogP contribution in [-0.2, 0) is 19.6 Å². The zero-order chi connectivity index (χ0) is 12.2. The zero-order valence-corrected chi connectivity index (χ0v) is 10.5. The summed E-state index contributed by atoms with van der Waals surface area (Å²) in [4.78, 5) is 13.3. The first-order chi connectivity index (χ1) is 7.45. The lowest BCUT2D eigenvalue weighted by atomic mass is 10.3. The van der Waals surface area contributed by atoms with Gasteiger partial charge in [-0.1, -0.05) is 0 Å². The minimum atomic E-state index is -3.12. The van der Waals surface area contributed by atoms with E-state index < -0.39 is 10.0 Å². The highest BCUT2D eigenvalue weighted by molar-refractivity contribution is 7.88. The fourth-order valence-electron chi connectivity index (χ4n) is 1.62. The van der Waals surface area contributed by atoms with Gasteiger partial charge in [0.25, 0.3) is 0 Å². The molecule has 1 aliphatic heterocycles. The molecule has 0 aromatic heterocycles. The Balaban J connectivity index is 2.40. The van der Waals surface area contributed by atoms with Gasteiger partial charge in [0.05, 0.1) is 19.3 Å². The van der Waals surface area contributed by atoms with Crippen LogP contribution in [0, 0.1) is 0 Å². The van der Waals surface area contributed by atoms with Gasteiger partial charge in [-0.25, -0.2) is 8.42 Å². The normalized spacial score (nSPS) is 18.8. The Morgan fingerprint density at radius 2 is 1.81 bits per heavy atom. The average Bonchev–Trinajstić information content (AvgIpc) is 2.25. The van der Waals surface area contributed by atoms with E-state index in [-0.39, 0.29) is 5.91 Å². The fourth-order valence-corrected chi connectivity index (χ4v) is 2.44. The van der Waals surface area contributed by atoms with Crippen molar-refractivity contribution in [2.45, 2.75) is 6.42 Å². The maximum atomic E-state index is 11.6. The molecule has 1 aliphatic rings. The highest BCUT2D eigenvalue weighted by Crippen LogP contribution is 2.07. The van der Waals surface area contributed by atoms with Crippen LogP contribution in [0.15, 0.2) is 0 Å². The molecule has 1 heterocycles. The van der Waals surface area contributed by atoms with Crippen LogP contribution in [0.2, 0.25) is 0 Å². The fraction of sp³-hybridized carbons (Fsp3) is 0.889. The molecule has 0 atom stereocenters. The molecule has 1 rings (SSSR count). The van der Waals surface area contributed by atoms with E-state index in [1.165, 1.54) is 10.6 Å². The van der Waals surface area contributed by atoms with Crippen LogP contribution < -0.4 is 0 Å². The van der Waals surface area contributed by atoms with Crippen molar-refractivity contribution in [1.29, 1.82) is 0 Å². The highest BCUT2D eigenvalue weighted by atomic mass is 32.2. The van der Waals surface area contributed by atoms with E-state index in [4.69, 9.17) is 4.74 Å². The SMILES string of the molecule is COCCC(=O)N1CCN(S(C)(=O)=O)CC1. The molecule has 0 aromatic rings. The highest BCUT2D eigenvalue weighted by Gasteiger charge is 2.25. The third kappa shape index (κ3) is 3.73. The first-order valence-electron chi connectivity index (χ1n) is 5.17. The summed E-state index contributed by atoms with van der Waals surface area (Å²) in [6, 6.07) is 0. The Morgan fingerprint density at radius 3 is 2.25 bits per heavy atom. The van der Waals surface area contributed by atoms with Gasteiger partial charge in [0.1, 0.15) is 0 Å². The number of rotatable bonds is 4. The largest absolute Gasteiger partial charge is 0.384 e. The summed E-state index contributed by atoms with van der Waals surface area (Å²) in [6.45, 7) is 2.12. The molecule has 1 fully saturated rings. The number of nitrogens with zero attached hydrogens (tertiary/aromatic N) is 2. The van der Waals surface area contributed by atoms with Crippen molar-refractivity contribution >= 4 is 15.9 Å². The van der Waals surface area contributed by atoms with Crippen molar-refractivity contribution < 1.29 is 17.9 Å². The summed E-state index contributed by atoms with van der Waals surface area (Å²) in [7, 11) is -1.57. The Hall–Kier alpha value is -0.660. The van der Waals surface area contributed by atoms with E-state index in [9.17, 15) is 13.2 Å². The Morgan fingerprint density at radius 1 is 1.25 bits per heavy atom. The molecule has 1 amide bonds. The summed E-state index contributed by atoms with van der Waals surface area (Å²) in [5.74, 6) is 0.0231. The van der Waals surface area contributed by atoms with E-state index >= 15 is 0 Å². The molecule has 0 saturated carbocycles. The second-order valence-corrected chi connectivity index (χ2v) is 5.77. The topological polar surface area (TPSA) is 66.9 Å². The van der Waals surface area contributed by atoms with Crippen LogP contribution in [-0.4, -0.2) is 69.7 Å². The Labute approximate surface area is 96.2 Å². The molecule has 7 heteroatoms. The van der Waals surface area contributed by atoms with Gasteiger partial charge in [0.15, 0.2) is 0 Å². The lowest BCUT2D eigenvalue weighted by Crippen LogP contribution is -2.50.